The van der Waals surface area contributed by atoms with Crippen molar-refractivity contribution < 1.29 is 14.6 Å². The van der Waals surface area contributed by atoms with Crippen molar-refractivity contribution in [2.45, 2.75) is 50.9 Å². The molecule has 3 nitrogen and oxygen atoms in total. The van der Waals surface area contributed by atoms with Crippen LogP contribution in [0.4, 0.5) is 0 Å². The maximum atomic E-state index is 9.28. The fourth-order valence-corrected chi connectivity index (χ4v) is 1.62. The molecule has 78 valence electrons. The first-order valence-electron chi connectivity index (χ1n) is 5.12. The van der Waals surface area contributed by atoms with E-state index in [1.807, 2.05) is 0 Å². The van der Waals surface area contributed by atoms with E-state index in [0.717, 1.165) is 19.4 Å². The van der Waals surface area contributed by atoms with Crippen molar-refractivity contribution in [3.63, 3.8) is 0 Å². The van der Waals surface area contributed by atoms with Crippen LogP contribution in [0.5, 0.6) is 0 Å². The fraction of sp³-hybridized carbons (Fsp3) is 1.00. The van der Waals surface area contributed by atoms with Gasteiger partial charge in [0.05, 0.1) is 12.2 Å². The molecule has 0 aromatic rings. The first-order valence-corrected chi connectivity index (χ1v) is 5.12. The van der Waals surface area contributed by atoms with E-state index < -0.39 is 0 Å². The molecular formula is C10H20O3. The van der Waals surface area contributed by atoms with Crippen molar-refractivity contribution in [1.82, 2.24) is 0 Å². The molecule has 0 spiro atoms. The average molecular weight is 188 g/mol. The lowest BCUT2D eigenvalue weighted by atomic mass is 9.88. The van der Waals surface area contributed by atoms with Crippen molar-refractivity contribution in [1.29, 1.82) is 0 Å². The number of unbranched alkanes of at least 4 members (excludes halogenated alkanes) is 2. The summed E-state index contributed by atoms with van der Waals surface area (Å²) in [6, 6.07) is 0. The van der Waals surface area contributed by atoms with Crippen LogP contribution in [-0.4, -0.2) is 37.1 Å². The van der Waals surface area contributed by atoms with Crippen molar-refractivity contribution >= 4 is 0 Å². The van der Waals surface area contributed by atoms with Gasteiger partial charge >= 0.3 is 0 Å². The Morgan fingerprint density at radius 3 is 2.69 bits per heavy atom. The number of aliphatic hydroxyl groups excluding tert-OH is 1. The Balaban J connectivity index is 2.03. The summed E-state index contributed by atoms with van der Waals surface area (Å²) in [5.41, 5.74) is 0. The Kier molecular flexibility index (Phi) is 4.70. The van der Waals surface area contributed by atoms with Crippen LogP contribution < -0.4 is 0 Å². The maximum absolute atomic E-state index is 9.28. The van der Waals surface area contributed by atoms with E-state index in [4.69, 9.17) is 9.47 Å². The zero-order chi connectivity index (χ0) is 9.68. The van der Waals surface area contributed by atoms with Gasteiger partial charge in [-0.3, -0.25) is 0 Å². The number of hydrogen-bond acceptors (Lipinski definition) is 3. The number of hydrogen-bond donors (Lipinski definition) is 1. The normalized spacial score (nSPS) is 33.0. The molecule has 0 aromatic carbocycles. The van der Waals surface area contributed by atoms with Crippen molar-refractivity contribution in [3.8, 4) is 0 Å². The lowest BCUT2D eigenvalue weighted by Crippen LogP contribution is -2.53. The quantitative estimate of drug-likeness (QED) is 0.639. The molecule has 3 unspecified atom stereocenters. The molecule has 0 bridgehead atoms. The molecule has 0 saturated heterocycles. The molecular weight excluding hydrogens is 168 g/mol. The molecule has 0 heterocycles. The highest BCUT2D eigenvalue weighted by Gasteiger charge is 2.40. The van der Waals surface area contributed by atoms with Gasteiger partial charge in [0.2, 0.25) is 0 Å². The Morgan fingerprint density at radius 2 is 2.15 bits per heavy atom. The standard InChI is InChI=1S/C10H20O3/c1-3-4-5-6-13-9-7-8(11)10(9)12-2/h8-11H,3-7H2,1-2H3. The minimum Gasteiger partial charge on any atom is -0.390 e. The largest absolute Gasteiger partial charge is 0.390 e. The summed E-state index contributed by atoms with van der Waals surface area (Å²) in [6.45, 7) is 2.97. The van der Waals surface area contributed by atoms with Gasteiger partial charge in [0.15, 0.2) is 0 Å². The van der Waals surface area contributed by atoms with Crippen LogP contribution in [0, 0.1) is 0 Å². The number of aliphatic hydroxyl groups is 1. The zero-order valence-corrected chi connectivity index (χ0v) is 8.53. The molecule has 3 heteroatoms. The lowest BCUT2D eigenvalue weighted by Gasteiger charge is -2.39. The summed E-state index contributed by atoms with van der Waals surface area (Å²) < 4.78 is 10.7. The minimum absolute atomic E-state index is 0.0957. The van der Waals surface area contributed by atoms with Crippen LogP contribution in [-0.2, 0) is 9.47 Å². The molecule has 0 aliphatic heterocycles. The van der Waals surface area contributed by atoms with E-state index in [1.54, 1.807) is 7.11 Å². The third kappa shape index (κ3) is 2.93. The SMILES string of the molecule is CCCCCOC1CC(O)C1OC. The van der Waals surface area contributed by atoms with Crippen LogP contribution in [0.3, 0.4) is 0 Å². The molecule has 13 heavy (non-hydrogen) atoms. The highest BCUT2D eigenvalue weighted by molar-refractivity contribution is 4.91. The fourth-order valence-electron chi connectivity index (χ4n) is 1.62. The second kappa shape index (κ2) is 5.58. The smallest absolute Gasteiger partial charge is 0.109 e. The summed E-state index contributed by atoms with van der Waals surface area (Å²) >= 11 is 0. The molecule has 3 atom stereocenters. The third-order valence-electron chi connectivity index (χ3n) is 2.57. The van der Waals surface area contributed by atoms with Gasteiger partial charge < -0.3 is 14.6 Å². The monoisotopic (exact) mass is 188 g/mol. The molecule has 0 amide bonds. The third-order valence-corrected chi connectivity index (χ3v) is 2.57. The van der Waals surface area contributed by atoms with Gasteiger partial charge in [0, 0.05) is 20.1 Å². The molecule has 1 fully saturated rings. The van der Waals surface area contributed by atoms with Crippen LogP contribution >= 0.6 is 0 Å². The molecule has 1 aliphatic carbocycles. The van der Waals surface area contributed by atoms with Gasteiger partial charge in [0.1, 0.15) is 6.10 Å². The van der Waals surface area contributed by atoms with Gasteiger partial charge in [-0.15, -0.1) is 0 Å². The molecule has 1 saturated carbocycles. The van der Waals surface area contributed by atoms with Crippen LogP contribution in [0.15, 0.2) is 0 Å². The molecule has 0 aromatic heterocycles. The highest BCUT2D eigenvalue weighted by Crippen LogP contribution is 2.26. The molecule has 0 radical (unpaired) electrons. The average Bonchev–Trinajstić information content (AvgIpc) is 2.11. The van der Waals surface area contributed by atoms with Gasteiger partial charge in [-0.25, -0.2) is 0 Å². The van der Waals surface area contributed by atoms with E-state index in [2.05, 4.69) is 6.92 Å². The molecule has 1 N–H and O–H groups in total. The minimum atomic E-state index is -0.318. The second-order valence-electron chi connectivity index (χ2n) is 3.62. The summed E-state index contributed by atoms with van der Waals surface area (Å²) in [6.07, 6.45) is 3.97. The summed E-state index contributed by atoms with van der Waals surface area (Å²) in [7, 11) is 1.62. The Bertz CT molecular complexity index is 138. The predicted octanol–water partition coefficient (Wildman–Crippen LogP) is 1.34. The first kappa shape index (κ1) is 11.0. The van der Waals surface area contributed by atoms with Gasteiger partial charge in [0.25, 0.3) is 0 Å². The van der Waals surface area contributed by atoms with Crippen molar-refractivity contribution in [2.24, 2.45) is 0 Å². The van der Waals surface area contributed by atoms with E-state index in [1.165, 1.54) is 12.8 Å². The predicted molar refractivity (Wildman–Crippen MR) is 50.7 cm³/mol. The van der Waals surface area contributed by atoms with E-state index in [9.17, 15) is 5.11 Å². The van der Waals surface area contributed by atoms with Gasteiger partial charge in [-0.2, -0.15) is 0 Å². The van der Waals surface area contributed by atoms with Crippen LogP contribution in [0.1, 0.15) is 32.6 Å². The summed E-state index contributed by atoms with van der Waals surface area (Å²) in [5.74, 6) is 0. The van der Waals surface area contributed by atoms with Gasteiger partial charge in [-0.05, 0) is 6.42 Å². The van der Waals surface area contributed by atoms with E-state index >= 15 is 0 Å². The lowest BCUT2D eigenvalue weighted by molar-refractivity contribution is -0.181. The Morgan fingerprint density at radius 1 is 1.38 bits per heavy atom. The van der Waals surface area contributed by atoms with E-state index in [0.29, 0.717) is 0 Å². The van der Waals surface area contributed by atoms with Crippen LogP contribution in [0.2, 0.25) is 0 Å². The zero-order valence-electron chi connectivity index (χ0n) is 8.53. The topological polar surface area (TPSA) is 38.7 Å². The maximum Gasteiger partial charge on any atom is 0.109 e. The highest BCUT2D eigenvalue weighted by atomic mass is 16.5. The molecule has 1 aliphatic rings. The van der Waals surface area contributed by atoms with Crippen LogP contribution in [0.25, 0.3) is 0 Å². The second-order valence-corrected chi connectivity index (χ2v) is 3.62. The first-order chi connectivity index (χ1) is 6.29. The number of rotatable bonds is 6. The summed E-state index contributed by atoms with van der Waals surface area (Å²) in [5, 5.41) is 9.28. The summed E-state index contributed by atoms with van der Waals surface area (Å²) in [4.78, 5) is 0. The van der Waals surface area contributed by atoms with E-state index in [-0.39, 0.29) is 18.3 Å². The Labute approximate surface area is 80.0 Å². The van der Waals surface area contributed by atoms with Gasteiger partial charge in [-0.1, -0.05) is 19.8 Å². The molecule has 1 rings (SSSR count). The Hall–Kier alpha value is -0.120. The van der Waals surface area contributed by atoms with Crippen molar-refractivity contribution in [3.05, 3.63) is 0 Å². The van der Waals surface area contributed by atoms with Crippen molar-refractivity contribution in [2.75, 3.05) is 13.7 Å². The number of ether oxygens (including phenoxy) is 2. The number of methoxy groups -OCH3 is 1.